The van der Waals surface area contributed by atoms with Gasteiger partial charge in [-0.1, -0.05) is 18.9 Å². The summed E-state index contributed by atoms with van der Waals surface area (Å²) in [7, 11) is -4.21. The Morgan fingerprint density at radius 1 is 1.31 bits per heavy atom. The Morgan fingerprint density at radius 2 is 2.08 bits per heavy atom. The fraction of sp³-hybridized carbons (Fsp3) is 0.522. The predicted octanol–water partition coefficient (Wildman–Crippen LogP) is 3.05. The number of hydrogen-bond acceptors (Lipinski definition) is 7. The van der Waals surface area contributed by atoms with E-state index in [9.17, 15) is 18.3 Å². The summed E-state index contributed by atoms with van der Waals surface area (Å²) in [5.41, 5.74) is 4.61. The van der Waals surface area contributed by atoms with Crippen molar-refractivity contribution in [2.45, 2.75) is 61.7 Å². The lowest BCUT2D eigenvalue weighted by Crippen LogP contribution is -2.56. The minimum absolute atomic E-state index is 0.0270. The predicted molar refractivity (Wildman–Crippen MR) is 135 cm³/mol. The van der Waals surface area contributed by atoms with Gasteiger partial charge in [0.2, 0.25) is 16.0 Å². The van der Waals surface area contributed by atoms with Crippen molar-refractivity contribution in [2.24, 2.45) is 10.2 Å². The Hall–Kier alpha value is -2.51. The van der Waals surface area contributed by atoms with Gasteiger partial charge in [0.1, 0.15) is 5.54 Å². The third-order valence-electron chi connectivity index (χ3n) is 6.71. The Balaban J connectivity index is 1.67. The van der Waals surface area contributed by atoms with Crippen LogP contribution in [0.2, 0.25) is 0 Å². The highest BCUT2D eigenvalue weighted by Gasteiger charge is 2.51. The first-order chi connectivity index (χ1) is 17.3. The number of carboxylic acids is 1. The van der Waals surface area contributed by atoms with Gasteiger partial charge in [0, 0.05) is 41.9 Å². The molecule has 2 aromatic rings. The van der Waals surface area contributed by atoms with E-state index < -0.39 is 27.8 Å². The Labute approximate surface area is 214 Å². The molecular formula is C23H30ClN5O6S. The van der Waals surface area contributed by atoms with Gasteiger partial charge in [0.25, 0.3) is 0 Å². The summed E-state index contributed by atoms with van der Waals surface area (Å²) >= 11 is 5.39. The molecule has 0 spiro atoms. The number of hydrogen-bond donors (Lipinski definition) is 3. The SMILES string of the molecule is NC(=NCl)Nc1cncc2cc(S(=O)(=O)N(CCOC3CCCCO3)C3(C(=O)O)CCCC3)ccc12. The summed E-state index contributed by atoms with van der Waals surface area (Å²) in [5.74, 6) is -1.19. The topological polar surface area (TPSA) is 156 Å². The zero-order chi connectivity index (χ0) is 25.8. The van der Waals surface area contributed by atoms with Gasteiger partial charge >= 0.3 is 5.97 Å². The lowest BCUT2D eigenvalue weighted by Gasteiger charge is -2.37. The number of aliphatic carboxylic acids is 1. The van der Waals surface area contributed by atoms with E-state index in [1.54, 1.807) is 6.07 Å². The first-order valence-corrected chi connectivity index (χ1v) is 13.6. The summed E-state index contributed by atoms with van der Waals surface area (Å²) < 4.78 is 43.7. The number of rotatable bonds is 9. The van der Waals surface area contributed by atoms with Crippen LogP contribution in [-0.2, 0) is 24.3 Å². The van der Waals surface area contributed by atoms with Crippen LogP contribution in [0, 0.1) is 0 Å². The average molecular weight is 540 g/mol. The Kier molecular flexibility index (Phi) is 8.30. The van der Waals surface area contributed by atoms with E-state index in [4.69, 9.17) is 27.0 Å². The van der Waals surface area contributed by atoms with E-state index in [1.807, 2.05) is 0 Å². The third-order valence-corrected chi connectivity index (χ3v) is 8.86. The molecule has 4 rings (SSSR count). The van der Waals surface area contributed by atoms with Crippen LogP contribution in [-0.4, -0.2) is 66.3 Å². The zero-order valence-corrected chi connectivity index (χ0v) is 21.3. The van der Waals surface area contributed by atoms with Crippen molar-refractivity contribution in [1.82, 2.24) is 9.29 Å². The van der Waals surface area contributed by atoms with E-state index in [2.05, 4.69) is 14.8 Å². The van der Waals surface area contributed by atoms with Gasteiger partial charge in [-0.3, -0.25) is 9.78 Å². The third kappa shape index (κ3) is 5.42. The van der Waals surface area contributed by atoms with Gasteiger partial charge in [-0.2, -0.15) is 4.31 Å². The minimum atomic E-state index is -4.21. The maximum absolute atomic E-state index is 13.9. The number of guanidine groups is 1. The summed E-state index contributed by atoms with van der Waals surface area (Å²) in [4.78, 5) is 16.6. The highest BCUT2D eigenvalue weighted by molar-refractivity contribution is 7.89. The van der Waals surface area contributed by atoms with Crippen molar-refractivity contribution < 1.29 is 27.8 Å². The Bertz CT molecular complexity index is 1230. The van der Waals surface area contributed by atoms with Gasteiger partial charge in [-0.15, -0.1) is 4.51 Å². The molecule has 1 aromatic carbocycles. The monoisotopic (exact) mass is 539 g/mol. The molecule has 2 aliphatic rings. The van der Waals surface area contributed by atoms with Crippen LogP contribution in [0.1, 0.15) is 44.9 Å². The maximum atomic E-state index is 13.9. The number of carboxylic acid groups (broad SMARTS) is 1. The van der Waals surface area contributed by atoms with Crippen LogP contribution < -0.4 is 11.1 Å². The van der Waals surface area contributed by atoms with Gasteiger partial charge in [-0.05, 0) is 44.2 Å². The number of sulfonamides is 1. The molecule has 11 nitrogen and oxygen atoms in total. The molecular weight excluding hydrogens is 510 g/mol. The van der Waals surface area contributed by atoms with Crippen molar-refractivity contribution >= 4 is 50.2 Å². The number of nitrogens with two attached hydrogens (primary N) is 1. The molecule has 196 valence electrons. The highest BCUT2D eigenvalue weighted by Crippen LogP contribution is 2.39. The largest absolute Gasteiger partial charge is 0.480 e. The normalized spacial score (nSPS) is 20.6. The summed E-state index contributed by atoms with van der Waals surface area (Å²) in [5, 5.41) is 14.2. The molecule has 1 unspecified atom stereocenters. The molecule has 2 fully saturated rings. The van der Waals surface area contributed by atoms with E-state index in [1.165, 1.54) is 24.5 Å². The van der Waals surface area contributed by atoms with Crippen LogP contribution >= 0.6 is 11.8 Å². The average Bonchev–Trinajstić information content (AvgIpc) is 3.38. The number of aromatic nitrogens is 1. The van der Waals surface area contributed by atoms with Gasteiger partial charge in [0.05, 0.1) is 23.4 Å². The van der Waals surface area contributed by atoms with Crippen LogP contribution in [0.15, 0.2) is 40.0 Å². The second-order valence-corrected chi connectivity index (χ2v) is 11.0. The standard InChI is InChI=1S/C23H30ClN5O6S/c24-28-22(25)27-19-15-26-14-16-13-17(6-7-18(16)19)36(32,33)29(23(21(30)31)8-2-3-9-23)10-12-35-20-5-1-4-11-34-20/h6-7,13-15,20H,1-5,8-12H2,(H,30,31)(H3,25,27,28). The van der Waals surface area contributed by atoms with Crippen molar-refractivity contribution in [3.63, 3.8) is 0 Å². The summed E-state index contributed by atoms with van der Waals surface area (Å²) in [6, 6.07) is 4.53. The number of pyridine rings is 1. The first-order valence-electron chi connectivity index (χ1n) is 11.9. The van der Waals surface area contributed by atoms with Crippen LogP contribution in [0.5, 0.6) is 0 Å². The minimum Gasteiger partial charge on any atom is -0.480 e. The fourth-order valence-electron chi connectivity index (χ4n) is 4.90. The molecule has 0 radical (unpaired) electrons. The summed E-state index contributed by atoms with van der Waals surface area (Å²) in [6.45, 7) is 0.518. The molecule has 1 aliphatic carbocycles. The quantitative estimate of drug-likeness (QED) is 0.322. The molecule has 2 heterocycles. The number of benzene rings is 1. The fourth-order valence-corrected chi connectivity index (χ4v) is 6.75. The number of halogens is 1. The molecule has 1 atom stereocenters. The van der Waals surface area contributed by atoms with E-state index in [0.717, 1.165) is 23.6 Å². The molecule has 1 aliphatic heterocycles. The number of fused-ring (bicyclic) bond motifs is 1. The van der Waals surface area contributed by atoms with Crippen LogP contribution in [0.3, 0.4) is 0 Å². The number of nitrogens with zero attached hydrogens (tertiary/aromatic N) is 3. The van der Waals surface area contributed by atoms with Crippen LogP contribution in [0.4, 0.5) is 5.69 Å². The van der Waals surface area contributed by atoms with E-state index >= 15 is 0 Å². The maximum Gasteiger partial charge on any atom is 0.325 e. The van der Waals surface area contributed by atoms with Crippen molar-refractivity contribution in [3.8, 4) is 0 Å². The number of anilines is 1. The molecule has 36 heavy (non-hydrogen) atoms. The zero-order valence-electron chi connectivity index (χ0n) is 19.7. The molecule has 13 heteroatoms. The summed E-state index contributed by atoms with van der Waals surface area (Å²) in [6.07, 6.45) is 7.01. The molecule has 1 saturated heterocycles. The molecule has 0 amide bonds. The lowest BCUT2D eigenvalue weighted by atomic mass is 9.98. The van der Waals surface area contributed by atoms with Crippen molar-refractivity contribution in [2.75, 3.05) is 25.1 Å². The number of ether oxygens (including phenoxy) is 2. The molecule has 0 bridgehead atoms. The van der Waals surface area contributed by atoms with Crippen molar-refractivity contribution in [1.29, 1.82) is 0 Å². The second-order valence-electron chi connectivity index (χ2n) is 8.95. The Morgan fingerprint density at radius 3 is 2.75 bits per heavy atom. The van der Waals surface area contributed by atoms with Gasteiger partial charge in [0.15, 0.2) is 6.29 Å². The highest BCUT2D eigenvalue weighted by atomic mass is 35.5. The molecule has 4 N–H and O–H groups in total. The second kappa shape index (κ2) is 11.3. The lowest BCUT2D eigenvalue weighted by molar-refractivity contribution is -0.165. The van der Waals surface area contributed by atoms with E-state index in [-0.39, 0.29) is 36.8 Å². The van der Waals surface area contributed by atoms with Crippen molar-refractivity contribution in [3.05, 3.63) is 30.6 Å². The molecule has 1 aromatic heterocycles. The van der Waals surface area contributed by atoms with E-state index in [0.29, 0.717) is 35.9 Å². The number of carbonyl (C=O) groups is 1. The number of nitrogens with one attached hydrogen (secondary N) is 1. The van der Waals surface area contributed by atoms with Crippen LogP contribution in [0.25, 0.3) is 10.8 Å². The van der Waals surface area contributed by atoms with Gasteiger partial charge in [-0.25, -0.2) is 8.42 Å². The smallest absolute Gasteiger partial charge is 0.325 e. The molecule has 1 saturated carbocycles. The first kappa shape index (κ1) is 26.6. The van der Waals surface area contributed by atoms with Gasteiger partial charge < -0.3 is 25.6 Å².